The lowest BCUT2D eigenvalue weighted by Gasteiger charge is -2.29. The summed E-state index contributed by atoms with van der Waals surface area (Å²) < 4.78 is 12.9. The number of benzene rings is 1. The van der Waals surface area contributed by atoms with Gasteiger partial charge < -0.3 is 15.5 Å². The van der Waals surface area contributed by atoms with Gasteiger partial charge in [0.05, 0.1) is 6.54 Å². The van der Waals surface area contributed by atoms with Crippen molar-refractivity contribution in [2.75, 3.05) is 33.7 Å². The lowest BCUT2D eigenvalue weighted by molar-refractivity contribution is 0.241. The Morgan fingerprint density at radius 1 is 1.17 bits per heavy atom. The minimum atomic E-state index is -0.219. The third kappa shape index (κ3) is 9.76. The van der Waals surface area contributed by atoms with E-state index in [9.17, 15) is 4.39 Å². The maximum absolute atomic E-state index is 12.9. The van der Waals surface area contributed by atoms with E-state index in [0.717, 1.165) is 31.2 Å². The van der Waals surface area contributed by atoms with E-state index in [2.05, 4.69) is 48.5 Å². The largest absolute Gasteiger partial charge is 0.357 e. The van der Waals surface area contributed by atoms with Gasteiger partial charge in [-0.15, -0.1) is 24.0 Å². The van der Waals surface area contributed by atoms with Gasteiger partial charge in [-0.2, -0.15) is 0 Å². The van der Waals surface area contributed by atoms with Gasteiger partial charge in [0, 0.05) is 19.6 Å². The lowest BCUT2D eigenvalue weighted by atomic mass is 9.93. The smallest absolute Gasteiger partial charge is 0.191 e. The molecule has 0 atom stereocenters. The Kier molecular flexibility index (Phi) is 10.4. The molecule has 6 heteroatoms. The molecule has 0 unspecified atom stereocenters. The Morgan fingerprint density at radius 2 is 1.78 bits per heavy atom. The van der Waals surface area contributed by atoms with Crippen LogP contribution in [0.15, 0.2) is 29.3 Å². The molecule has 132 valence electrons. The highest BCUT2D eigenvalue weighted by atomic mass is 127. The van der Waals surface area contributed by atoms with E-state index in [-0.39, 0.29) is 35.2 Å². The highest BCUT2D eigenvalue weighted by molar-refractivity contribution is 14.0. The quantitative estimate of drug-likeness (QED) is 0.392. The van der Waals surface area contributed by atoms with Gasteiger partial charge in [0.25, 0.3) is 0 Å². The van der Waals surface area contributed by atoms with Crippen molar-refractivity contribution in [3.8, 4) is 0 Å². The van der Waals surface area contributed by atoms with Crippen LogP contribution < -0.4 is 10.6 Å². The molecular formula is C17H30FIN4. The molecule has 0 saturated heterocycles. The second kappa shape index (κ2) is 10.8. The highest BCUT2D eigenvalue weighted by Crippen LogP contribution is 2.14. The third-order valence-corrected chi connectivity index (χ3v) is 3.16. The van der Waals surface area contributed by atoms with E-state index in [1.807, 2.05) is 6.92 Å². The summed E-state index contributed by atoms with van der Waals surface area (Å²) in [5.41, 5.74) is 1.14. The van der Waals surface area contributed by atoms with E-state index in [1.165, 1.54) is 12.1 Å². The average Bonchev–Trinajstić information content (AvgIpc) is 2.42. The number of nitrogens with zero attached hydrogens (tertiary/aromatic N) is 2. The van der Waals surface area contributed by atoms with E-state index in [4.69, 9.17) is 0 Å². The molecule has 4 nitrogen and oxygen atoms in total. The summed E-state index contributed by atoms with van der Waals surface area (Å²) in [6, 6.07) is 6.45. The molecule has 2 N–H and O–H groups in total. The molecule has 1 aromatic carbocycles. The van der Waals surface area contributed by atoms with Gasteiger partial charge in [-0.1, -0.05) is 26.0 Å². The summed E-state index contributed by atoms with van der Waals surface area (Å²) in [5, 5.41) is 6.63. The monoisotopic (exact) mass is 436 g/mol. The number of halogens is 2. The fraction of sp³-hybridized carbons (Fsp3) is 0.588. The van der Waals surface area contributed by atoms with E-state index in [1.54, 1.807) is 12.1 Å². The first-order chi connectivity index (χ1) is 10.3. The molecule has 0 bridgehead atoms. The van der Waals surface area contributed by atoms with Crippen molar-refractivity contribution in [3.05, 3.63) is 35.6 Å². The summed E-state index contributed by atoms with van der Waals surface area (Å²) in [4.78, 5) is 6.74. The summed E-state index contributed by atoms with van der Waals surface area (Å²) in [6.07, 6.45) is 0. The maximum atomic E-state index is 12.9. The van der Waals surface area contributed by atoms with Crippen LogP contribution in [0.25, 0.3) is 0 Å². The SMILES string of the molecule is CCNC(=NCc1ccc(F)cc1)NCC(C)(C)CN(C)C.I. The second-order valence-corrected chi connectivity index (χ2v) is 6.58. The van der Waals surface area contributed by atoms with Crippen molar-refractivity contribution in [2.45, 2.75) is 27.3 Å². The molecule has 0 heterocycles. The molecule has 1 rings (SSSR count). The number of guanidine groups is 1. The molecule has 0 aliphatic rings. The van der Waals surface area contributed by atoms with Gasteiger partial charge in [-0.25, -0.2) is 9.38 Å². The first kappa shape index (κ1) is 22.1. The summed E-state index contributed by atoms with van der Waals surface area (Å²) in [5.74, 6) is 0.571. The number of nitrogens with one attached hydrogen (secondary N) is 2. The van der Waals surface area contributed by atoms with Crippen LogP contribution in [0.2, 0.25) is 0 Å². The van der Waals surface area contributed by atoms with Crippen LogP contribution >= 0.6 is 24.0 Å². The predicted octanol–water partition coefficient (Wildman–Crippen LogP) is 3.09. The Hall–Kier alpha value is -0.890. The molecule has 0 radical (unpaired) electrons. The predicted molar refractivity (Wildman–Crippen MR) is 107 cm³/mol. The van der Waals surface area contributed by atoms with Gasteiger partial charge in [-0.05, 0) is 44.1 Å². The molecule has 0 spiro atoms. The van der Waals surface area contributed by atoms with E-state index in [0.29, 0.717) is 6.54 Å². The van der Waals surface area contributed by atoms with Crippen LogP contribution in [0.1, 0.15) is 26.3 Å². The zero-order chi connectivity index (χ0) is 16.6. The summed E-state index contributed by atoms with van der Waals surface area (Å²) >= 11 is 0. The molecular weight excluding hydrogens is 406 g/mol. The van der Waals surface area contributed by atoms with Crippen LogP contribution in [-0.2, 0) is 6.54 Å². The number of hydrogen-bond donors (Lipinski definition) is 2. The van der Waals surface area contributed by atoms with Crippen LogP contribution in [0.5, 0.6) is 0 Å². The average molecular weight is 436 g/mol. The zero-order valence-corrected chi connectivity index (χ0v) is 17.1. The highest BCUT2D eigenvalue weighted by Gasteiger charge is 2.19. The molecule has 0 aromatic heterocycles. The van der Waals surface area contributed by atoms with Gasteiger partial charge in [-0.3, -0.25) is 0 Å². The lowest BCUT2D eigenvalue weighted by Crippen LogP contribution is -2.44. The Labute approximate surface area is 157 Å². The van der Waals surface area contributed by atoms with Crippen LogP contribution in [-0.4, -0.2) is 44.6 Å². The topological polar surface area (TPSA) is 39.7 Å². The fourth-order valence-corrected chi connectivity index (χ4v) is 2.34. The van der Waals surface area contributed by atoms with Gasteiger partial charge >= 0.3 is 0 Å². The van der Waals surface area contributed by atoms with Gasteiger partial charge in [0.2, 0.25) is 0 Å². The first-order valence-corrected chi connectivity index (χ1v) is 7.74. The normalized spacial score (nSPS) is 12.0. The second-order valence-electron chi connectivity index (χ2n) is 6.58. The van der Waals surface area contributed by atoms with Crippen LogP contribution in [0, 0.1) is 11.2 Å². The molecule has 0 aliphatic heterocycles. The van der Waals surface area contributed by atoms with Crippen LogP contribution in [0.3, 0.4) is 0 Å². The summed E-state index contributed by atoms with van der Waals surface area (Å²) in [6.45, 7) is 9.66. The number of aliphatic imine (C=N–C) groups is 1. The van der Waals surface area contributed by atoms with Gasteiger partial charge in [0.15, 0.2) is 5.96 Å². The van der Waals surface area contributed by atoms with Crippen molar-refractivity contribution in [1.29, 1.82) is 0 Å². The Bertz CT molecular complexity index is 472. The zero-order valence-electron chi connectivity index (χ0n) is 14.8. The van der Waals surface area contributed by atoms with E-state index >= 15 is 0 Å². The minimum Gasteiger partial charge on any atom is -0.357 e. The number of hydrogen-bond acceptors (Lipinski definition) is 2. The molecule has 23 heavy (non-hydrogen) atoms. The van der Waals surface area contributed by atoms with Crippen molar-refractivity contribution >= 4 is 29.9 Å². The molecule has 0 saturated carbocycles. The fourth-order valence-electron chi connectivity index (χ4n) is 2.34. The maximum Gasteiger partial charge on any atom is 0.191 e. The molecule has 0 fully saturated rings. The summed E-state index contributed by atoms with van der Waals surface area (Å²) in [7, 11) is 4.16. The molecule has 1 aromatic rings. The Morgan fingerprint density at radius 3 is 2.30 bits per heavy atom. The van der Waals surface area contributed by atoms with Crippen molar-refractivity contribution < 1.29 is 4.39 Å². The molecule has 0 aliphatic carbocycles. The standard InChI is InChI=1S/C17H29FN4.HI/c1-6-19-16(21-12-17(2,3)13-22(4)5)20-11-14-7-9-15(18)10-8-14;/h7-10H,6,11-13H2,1-5H3,(H2,19,20,21);1H. The minimum absolute atomic E-state index is 0. The number of rotatable bonds is 7. The molecule has 0 amide bonds. The van der Waals surface area contributed by atoms with Crippen molar-refractivity contribution in [1.82, 2.24) is 15.5 Å². The van der Waals surface area contributed by atoms with Gasteiger partial charge in [0.1, 0.15) is 5.82 Å². The van der Waals surface area contributed by atoms with Crippen molar-refractivity contribution in [2.24, 2.45) is 10.4 Å². The third-order valence-electron chi connectivity index (χ3n) is 3.16. The first-order valence-electron chi connectivity index (χ1n) is 7.74. The Balaban J connectivity index is 0.00000484. The van der Waals surface area contributed by atoms with Crippen LogP contribution in [0.4, 0.5) is 4.39 Å². The van der Waals surface area contributed by atoms with Crippen molar-refractivity contribution in [3.63, 3.8) is 0 Å². The van der Waals surface area contributed by atoms with E-state index < -0.39 is 0 Å².